The lowest BCUT2D eigenvalue weighted by Gasteiger charge is -2.19. The number of carbonyl (C=O) groups is 2. The molecule has 0 atom stereocenters. The van der Waals surface area contributed by atoms with Crippen molar-refractivity contribution in [1.82, 2.24) is 4.90 Å². The second-order valence-corrected chi connectivity index (χ2v) is 7.52. The van der Waals surface area contributed by atoms with Gasteiger partial charge in [-0.05, 0) is 30.3 Å². The van der Waals surface area contributed by atoms with Crippen LogP contribution in [-0.4, -0.2) is 45.4 Å². The van der Waals surface area contributed by atoms with Crippen molar-refractivity contribution >= 4 is 27.5 Å². The van der Waals surface area contributed by atoms with E-state index in [1.54, 1.807) is 0 Å². The van der Waals surface area contributed by atoms with Gasteiger partial charge < -0.3 is 9.47 Å². The molecule has 2 aromatic rings. The van der Waals surface area contributed by atoms with E-state index in [0.717, 1.165) is 4.90 Å². The number of nitrogens with zero attached hydrogens (tertiary/aromatic N) is 1. The summed E-state index contributed by atoms with van der Waals surface area (Å²) in [6, 6.07) is 8.55. The molecule has 26 heavy (non-hydrogen) atoms. The van der Waals surface area contributed by atoms with Crippen LogP contribution in [0, 0.1) is 0 Å². The summed E-state index contributed by atoms with van der Waals surface area (Å²) >= 11 is 0. The van der Waals surface area contributed by atoms with Crippen LogP contribution < -0.4 is 14.2 Å². The highest BCUT2D eigenvalue weighted by Gasteiger charge is 2.33. The molecular weight excluding hydrogens is 360 g/mol. The summed E-state index contributed by atoms with van der Waals surface area (Å²) in [5.41, 5.74) is 0.606. The minimum atomic E-state index is -3.90. The molecule has 0 fully saturated rings. The molecule has 4 rings (SSSR count). The lowest BCUT2D eigenvalue weighted by molar-refractivity contribution is 0.0693. The Morgan fingerprint density at radius 2 is 1.62 bits per heavy atom. The van der Waals surface area contributed by atoms with E-state index in [1.807, 2.05) is 0 Å². The molecule has 2 heterocycles. The number of imide groups is 1. The van der Waals surface area contributed by atoms with Gasteiger partial charge in [-0.25, -0.2) is 8.42 Å². The highest BCUT2D eigenvalue weighted by molar-refractivity contribution is 7.92. The summed E-state index contributed by atoms with van der Waals surface area (Å²) in [7, 11) is -2.53. The smallest absolute Gasteiger partial charge is 0.262 e. The largest absolute Gasteiger partial charge is 0.486 e. The van der Waals surface area contributed by atoms with Crippen molar-refractivity contribution in [3.05, 3.63) is 47.5 Å². The summed E-state index contributed by atoms with van der Waals surface area (Å²) in [5.74, 6) is -0.0352. The predicted molar refractivity (Wildman–Crippen MR) is 91.1 cm³/mol. The summed E-state index contributed by atoms with van der Waals surface area (Å²) in [4.78, 5) is 24.9. The van der Waals surface area contributed by atoms with E-state index in [9.17, 15) is 18.0 Å². The Morgan fingerprint density at radius 1 is 0.923 bits per heavy atom. The molecule has 0 radical (unpaired) electrons. The van der Waals surface area contributed by atoms with E-state index in [4.69, 9.17) is 9.47 Å². The molecule has 8 nitrogen and oxygen atoms in total. The first-order valence-corrected chi connectivity index (χ1v) is 9.24. The maximum atomic E-state index is 12.6. The normalized spacial score (nSPS) is 15.8. The standard InChI is InChI=1S/C17H14N2O6S/c1-19-16(20)12-4-2-10(8-13(12)17(19)21)18-26(22,23)11-3-5-14-15(9-11)25-7-6-24-14/h2-5,8-9,18H,6-7H2,1H3. The number of benzene rings is 2. The fourth-order valence-electron chi connectivity index (χ4n) is 2.83. The summed E-state index contributed by atoms with van der Waals surface area (Å²) < 4.78 is 38.5. The van der Waals surface area contributed by atoms with Gasteiger partial charge in [-0.15, -0.1) is 0 Å². The van der Waals surface area contributed by atoms with Gasteiger partial charge in [-0.1, -0.05) is 0 Å². The molecule has 0 saturated carbocycles. The Labute approximate surface area is 149 Å². The Morgan fingerprint density at radius 3 is 2.38 bits per heavy atom. The number of hydrogen-bond donors (Lipinski definition) is 1. The monoisotopic (exact) mass is 374 g/mol. The molecule has 0 aliphatic carbocycles. The van der Waals surface area contributed by atoms with E-state index in [-0.39, 0.29) is 21.7 Å². The SMILES string of the molecule is CN1C(=O)c2ccc(NS(=O)(=O)c3ccc4c(c3)OCCO4)cc2C1=O. The number of amides is 2. The third-order valence-corrected chi connectivity index (χ3v) is 5.54. The molecular formula is C17H14N2O6S. The Bertz CT molecular complexity index is 1050. The van der Waals surface area contributed by atoms with Gasteiger partial charge in [0.1, 0.15) is 13.2 Å². The molecule has 0 saturated heterocycles. The van der Waals surface area contributed by atoms with Crippen LogP contribution in [0.25, 0.3) is 0 Å². The Kier molecular flexibility index (Phi) is 3.62. The molecule has 134 valence electrons. The van der Waals surface area contributed by atoms with Crippen LogP contribution in [0.4, 0.5) is 5.69 Å². The highest BCUT2D eigenvalue weighted by Crippen LogP contribution is 2.33. The number of carbonyl (C=O) groups excluding carboxylic acids is 2. The Balaban J connectivity index is 1.65. The average Bonchev–Trinajstić information content (AvgIpc) is 2.85. The van der Waals surface area contributed by atoms with Gasteiger partial charge >= 0.3 is 0 Å². The number of rotatable bonds is 3. The average molecular weight is 374 g/mol. The fourth-order valence-corrected chi connectivity index (χ4v) is 3.89. The zero-order chi connectivity index (χ0) is 18.5. The number of ether oxygens (including phenoxy) is 2. The fraction of sp³-hybridized carbons (Fsp3) is 0.176. The van der Waals surface area contributed by atoms with Gasteiger partial charge in [0, 0.05) is 18.8 Å². The van der Waals surface area contributed by atoms with Crippen LogP contribution in [0.3, 0.4) is 0 Å². The molecule has 2 aliphatic rings. The van der Waals surface area contributed by atoms with Crippen molar-refractivity contribution in [2.45, 2.75) is 4.90 Å². The topological polar surface area (TPSA) is 102 Å². The number of fused-ring (bicyclic) bond motifs is 2. The van der Waals surface area contributed by atoms with Crippen LogP contribution in [0.5, 0.6) is 11.5 Å². The van der Waals surface area contributed by atoms with E-state index in [1.165, 1.54) is 43.4 Å². The van der Waals surface area contributed by atoms with E-state index < -0.39 is 21.8 Å². The van der Waals surface area contributed by atoms with Crippen LogP contribution in [0.15, 0.2) is 41.3 Å². The summed E-state index contributed by atoms with van der Waals surface area (Å²) in [6.45, 7) is 0.756. The van der Waals surface area contributed by atoms with Crippen molar-refractivity contribution in [2.24, 2.45) is 0 Å². The first-order valence-electron chi connectivity index (χ1n) is 7.76. The van der Waals surface area contributed by atoms with E-state index in [0.29, 0.717) is 24.7 Å². The van der Waals surface area contributed by atoms with Gasteiger partial charge in [0.15, 0.2) is 11.5 Å². The van der Waals surface area contributed by atoms with Gasteiger partial charge in [-0.2, -0.15) is 0 Å². The highest BCUT2D eigenvalue weighted by atomic mass is 32.2. The number of hydrogen-bond acceptors (Lipinski definition) is 6. The van der Waals surface area contributed by atoms with Gasteiger partial charge in [-0.3, -0.25) is 19.2 Å². The van der Waals surface area contributed by atoms with Crippen molar-refractivity contribution < 1.29 is 27.5 Å². The van der Waals surface area contributed by atoms with E-state index >= 15 is 0 Å². The van der Waals surface area contributed by atoms with Crippen LogP contribution in [0.1, 0.15) is 20.7 Å². The van der Waals surface area contributed by atoms with Gasteiger partial charge in [0.2, 0.25) is 0 Å². The molecule has 9 heteroatoms. The second kappa shape index (κ2) is 5.73. The maximum Gasteiger partial charge on any atom is 0.262 e. The lowest BCUT2D eigenvalue weighted by Crippen LogP contribution is -2.24. The first kappa shape index (κ1) is 16.4. The van der Waals surface area contributed by atoms with Crippen molar-refractivity contribution in [3.63, 3.8) is 0 Å². The maximum absolute atomic E-state index is 12.6. The lowest BCUT2D eigenvalue weighted by atomic mass is 10.1. The summed E-state index contributed by atoms with van der Waals surface area (Å²) in [5, 5.41) is 0. The molecule has 0 bridgehead atoms. The number of nitrogens with one attached hydrogen (secondary N) is 1. The van der Waals surface area contributed by atoms with Crippen molar-refractivity contribution in [1.29, 1.82) is 0 Å². The van der Waals surface area contributed by atoms with Crippen LogP contribution in [-0.2, 0) is 10.0 Å². The zero-order valence-electron chi connectivity index (χ0n) is 13.7. The van der Waals surface area contributed by atoms with Crippen molar-refractivity contribution in [3.8, 4) is 11.5 Å². The van der Waals surface area contributed by atoms with Crippen LogP contribution in [0.2, 0.25) is 0 Å². The third-order valence-electron chi connectivity index (χ3n) is 4.17. The second-order valence-electron chi connectivity index (χ2n) is 5.84. The molecule has 0 aromatic heterocycles. The molecule has 2 aliphatic heterocycles. The molecule has 0 spiro atoms. The minimum Gasteiger partial charge on any atom is -0.486 e. The third kappa shape index (κ3) is 2.57. The Hall–Kier alpha value is -3.07. The number of anilines is 1. The van der Waals surface area contributed by atoms with Crippen molar-refractivity contribution in [2.75, 3.05) is 25.0 Å². The molecule has 2 aromatic carbocycles. The molecule has 2 amide bonds. The van der Waals surface area contributed by atoms with Crippen LogP contribution >= 0.6 is 0 Å². The number of sulfonamides is 1. The molecule has 0 unspecified atom stereocenters. The van der Waals surface area contributed by atoms with E-state index in [2.05, 4.69) is 4.72 Å². The quantitative estimate of drug-likeness (QED) is 0.817. The summed E-state index contributed by atoms with van der Waals surface area (Å²) in [6.07, 6.45) is 0. The van der Waals surface area contributed by atoms with Gasteiger partial charge in [0.05, 0.1) is 16.0 Å². The zero-order valence-corrected chi connectivity index (χ0v) is 14.5. The predicted octanol–water partition coefficient (Wildman–Crippen LogP) is 1.48. The molecule has 1 N–H and O–H groups in total. The minimum absolute atomic E-state index is 0.00164. The first-order chi connectivity index (χ1) is 12.4. The van der Waals surface area contributed by atoms with Gasteiger partial charge in [0.25, 0.3) is 21.8 Å².